The molecule has 0 radical (unpaired) electrons. The summed E-state index contributed by atoms with van der Waals surface area (Å²) in [6.07, 6.45) is 6.09. The summed E-state index contributed by atoms with van der Waals surface area (Å²) >= 11 is 0. The highest BCUT2D eigenvalue weighted by atomic mass is 16.6. The topological polar surface area (TPSA) is 38.3 Å². The van der Waals surface area contributed by atoms with Gasteiger partial charge in [-0.15, -0.1) is 0 Å². The number of hydrogen-bond acceptors (Lipinski definition) is 2. The van der Waals surface area contributed by atoms with Crippen LogP contribution in [0.5, 0.6) is 5.75 Å². The molecule has 1 N–H and O–H groups in total. The summed E-state index contributed by atoms with van der Waals surface area (Å²) in [5.41, 5.74) is 2.09. The Hall–Kier alpha value is -2.29. The molecule has 22 heavy (non-hydrogen) atoms. The maximum atomic E-state index is 11.8. The van der Waals surface area contributed by atoms with Crippen LogP contribution in [0.15, 0.2) is 54.6 Å². The van der Waals surface area contributed by atoms with E-state index in [1.165, 1.54) is 37.7 Å². The zero-order valence-electron chi connectivity index (χ0n) is 12.6. The average molecular weight is 295 g/mol. The number of hydrogen-bond donors (Lipinski definition) is 1. The zero-order valence-corrected chi connectivity index (χ0v) is 12.6. The molecule has 3 nitrogen and oxygen atoms in total. The van der Waals surface area contributed by atoms with Crippen molar-refractivity contribution in [2.45, 2.75) is 38.0 Å². The third-order valence-electron chi connectivity index (χ3n) is 4.19. The van der Waals surface area contributed by atoms with Crippen molar-refractivity contribution in [2.24, 2.45) is 0 Å². The van der Waals surface area contributed by atoms with Gasteiger partial charge >= 0.3 is 6.09 Å². The zero-order chi connectivity index (χ0) is 15.2. The van der Waals surface area contributed by atoms with Crippen LogP contribution in [0.1, 0.15) is 43.6 Å². The van der Waals surface area contributed by atoms with Gasteiger partial charge in [-0.2, -0.15) is 0 Å². The minimum Gasteiger partial charge on any atom is -0.410 e. The fourth-order valence-corrected chi connectivity index (χ4v) is 3.02. The summed E-state index contributed by atoms with van der Waals surface area (Å²) in [5, 5.41) is 2.71. The van der Waals surface area contributed by atoms with Crippen molar-refractivity contribution in [1.82, 2.24) is 0 Å². The van der Waals surface area contributed by atoms with Crippen molar-refractivity contribution in [1.29, 1.82) is 0 Å². The van der Waals surface area contributed by atoms with Crippen LogP contribution in [0.3, 0.4) is 0 Å². The summed E-state index contributed by atoms with van der Waals surface area (Å²) in [6, 6.07) is 17.2. The van der Waals surface area contributed by atoms with E-state index in [9.17, 15) is 4.79 Å². The predicted octanol–water partition coefficient (Wildman–Crippen LogP) is 5.35. The molecule has 1 amide bonds. The van der Waals surface area contributed by atoms with Crippen molar-refractivity contribution in [3.05, 3.63) is 60.2 Å². The Morgan fingerprint density at radius 3 is 2.27 bits per heavy atom. The molecule has 3 heteroatoms. The quantitative estimate of drug-likeness (QED) is 0.829. The molecule has 2 aromatic carbocycles. The minimum absolute atomic E-state index is 0.461. The lowest BCUT2D eigenvalue weighted by atomic mass is 9.84. The summed E-state index contributed by atoms with van der Waals surface area (Å²) in [7, 11) is 0. The lowest BCUT2D eigenvalue weighted by molar-refractivity contribution is 0.215. The third kappa shape index (κ3) is 3.88. The number of carbonyl (C=O) groups is 1. The second-order valence-corrected chi connectivity index (χ2v) is 5.78. The standard InChI is InChI=1S/C19H21NO2/c21-19(20-17-9-5-2-6-10-17)22-18-13-11-16(12-14-18)15-7-3-1-4-8-15/h2,5-6,9-15H,1,3-4,7-8H2,(H,20,21). The van der Waals surface area contributed by atoms with Crippen LogP contribution in [0, 0.1) is 0 Å². The SMILES string of the molecule is O=C(Nc1ccccc1)Oc1ccc(C2CCCCC2)cc1. The van der Waals surface area contributed by atoms with Gasteiger partial charge in [-0.25, -0.2) is 4.79 Å². The molecule has 0 bridgehead atoms. The molecule has 1 aliphatic carbocycles. The Labute approximate surface area is 131 Å². The first-order valence-corrected chi connectivity index (χ1v) is 7.95. The first-order chi connectivity index (χ1) is 10.8. The first kappa shape index (κ1) is 14.6. The van der Waals surface area contributed by atoms with Gasteiger partial charge in [0.15, 0.2) is 0 Å². The van der Waals surface area contributed by atoms with Crippen molar-refractivity contribution in [2.75, 3.05) is 5.32 Å². The molecule has 2 aromatic rings. The molecule has 0 spiro atoms. The molecule has 0 atom stereocenters. The van der Waals surface area contributed by atoms with Gasteiger partial charge in [0.2, 0.25) is 0 Å². The lowest BCUT2D eigenvalue weighted by Gasteiger charge is -2.22. The molecule has 3 rings (SSSR count). The van der Waals surface area contributed by atoms with Crippen LogP contribution in [0.25, 0.3) is 0 Å². The van der Waals surface area contributed by atoms with E-state index in [0.29, 0.717) is 11.7 Å². The number of nitrogens with one attached hydrogen (secondary N) is 1. The normalized spacial score (nSPS) is 15.3. The number of benzene rings is 2. The Morgan fingerprint density at radius 2 is 1.59 bits per heavy atom. The van der Waals surface area contributed by atoms with Crippen LogP contribution in [-0.2, 0) is 0 Å². The van der Waals surface area contributed by atoms with Crippen LogP contribution in [0.4, 0.5) is 10.5 Å². The molecule has 0 saturated heterocycles. The second kappa shape index (κ2) is 7.12. The Morgan fingerprint density at radius 1 is 0.909 bits per heavy atom. The van der Waals surface area contributed by atoms with Gasteiger partial charge in [-0.05, 0) is 48.6 Å². The summed E-state index contributed by atoms with van der Waals surface area (Å²) in [6.45, 7) is 0. The molecule has 0 aliphatic heterocycles. The summed E-state index contributed by atoms with van der Waals surface area (Å²) in [5.74, 6) is 1.24. The Balaban J connectivity index is 1.57. The van der Waals surface area contributed by atoms with Gasteiger partial charge < -0.3 is 4.74 Å². The number of anilines is 1. The van der Waals surface area contributed by atoms with Crippen molar-refractivity contribution in [3.8, 4) is 5.75 Å². The van der Waals surface area contributed by atoms with Crippen molar-refractivity contribution in [3.63, 3.8) is 0 Å². The fraction of sp³-hybridized carbons (Fsp3) is 0.316. The molecule has 114 valence electrons. The number of ether oxygens (including phenoxy) is 1. The predicted molar refractivity (Wildman–Crippen MR) is 88.4 cm³/mol. The number of para-hydroxylation sites is 1. The minimum atomic E-state index is -0.461. The van der Waals surface area contributed by atoms with Gasteiger partial charge in [0, 0.05) is 5.69 Å². The molecule has 1 fully saturated rings. The van der Waals surface area contributed by atoms with E-state index in [4.69, 9.17) is 4.74 Å². The smallest absolute Gasteiger partial charge is 0.410 e. The highest BCUT2D eigenvalue weighted by Crippen LogP contribution is 2.33. The van der Waals surface area contributed by atoms with Crippen LogP contribution in [0.2, 0.25) is 0 Å². The third-order valence-corrected chi connectivity index (χ3v) is 4.19. The van der Waals surface area contributed by atoms with E-state index in [1.54, 1.807) is 0 Å². The summed E-state index contributed by atoms with van der Waals surface area (Å²) in [4.78, 5) is 11.8. The molecule has 0 unspecified atom stereocenters. The van der Waals surface area contributed by atoms with E-state index in [1.807, 2.05) is 42.5 Å². The monoisotopic (exact) mass is 295 g/mol. The first-order valence-electron chi connectivity index (χ1n) is 7.95. The van der Waals surface area contributed by atoms with E-state index in [0.717, 1.165) is 5.69 Å². The molecule has 1 aliphatic rings. The molecule has 0 heterocycles. The van der Waals surface area contributed by atoms with Crippen LogP contribution < -0.4 is 10.1 Å². The Kier molecular flexibility index (Phi) is 4.74. The fourth-order valence-electron chi connectivity index (χ4n) is 3.02. The molecule has 1 saturated carbocycles. The second-order valence-electron chi connectivity index (χ2n) is 5.78. The largest absolute Gasteiger partial charge is 0.417 e. The number of amides is 1. The van der Waals surface area contributed by atoms with Crippen molar-refractivity contribution >= 4 is 11.8 Å². The van der Waals surface area contributed by atoms with Gasteiger partial charge in [-0.1, -0.05) is 49.6 Å². The number of carbonyl (C=O) groups excluding carboxylic acids is 1. The van der Waals surface area contributed by atoms with E-state index >= 15 is 0 Å². The van der Waals surface area contributed by atoms with Gasteiger partial charge in [0.1, 0.15) is 5.75 Å². The maximum Gasteiger partial charge on any atom is 0.417 e. The molecular formula is C19H21NO2. The molecular weight excluding hydrogens is 274 g/mol. The van der Waals surface area contributed by atoms with E-state index in [-0.39, 0.29) is 0 Å². The van der Waals surface area contributed by atoms with Crippen molar-refractivity contribution < 1.29 is 9.53 Å². The van der Waals surface area contributed by atoms with Crippen LogP contribution >= 0.6 is 0 Å². The van der Waals surface area contributed by atoms with E-state index < -0.39 is 6.09 Å². The maximum absolute atomic E-state index is 11.8. The van der Waals surface area contributed by atoms with Crippen LogP contribution in [-0.4, -0.2) is 6.09 Å². The Bertz CT molecular complexity index is 601. The van der Waals surface area contributed by atoms with E-state index in [2.05, 4.69) is 17.4 Å². The number of rotatable bonds is 3. The average Bonchev–Trinajstić information content (AvgIpc) is 2.57. The highest BCUT2D eigenvalue weighted by molar-refractivity contribution is 5.86. The molecule has 0 aromatic heterocycles. The van der Waals surface area contributed by atoms with Gasteiger partial charge in [-0.3, -0.25) is 5.32 Å². The van der Waals surface area contributed by atoms with Gasteiger partial charge in [0.25, 0.3) is 0 Å². The lowest BCUT2D eigenvalue weighted by Crippen LogP contribution is -2.16. The highest BCUT2D eigenvalue weighted by Gasteiger charge is 2.15. The summed E-state index contributed by atoms with van der Waals surface area (Å²) < 4.78 is 5.31. The van der Waals surface area contributed by atoms with Gasteiger partial charge in [0.05, 0.1) is 0 Å².